The Kier molecular flexibility index (Phi) is 4.47. The van der Waals surface area contributed by atoms with Gasteiger partial charge in [-0.15, -0.1) is 0 Å². The number of nitrogens with zero attached hydrogens (tertiary/aromatic N) is 5. The SMILES string of the molecule is C=CN1/C(=N\C(C)C)C(C)(C)N(C(C)C)c2nc(Cl)ncc21. The van der Waals surface area contributed by atoms with Gasteiger partial charge in [-0.05, 0) is 53.1 Å². The van der Waals surface area contributed by atoms with E-state index < -0.39 is 0 Å². The van der Waals surface area contributed by atoms with Crippen LogP contribution in [0.25, 0.3) is 0 Å². The Labute approximate surface area is 137 Å². The number of fused-ring (bicyclic) bond motifs is 1. The van der Waals surface area contributed by atoms with Crippen molar-refractivity contribution in [1.29, 1.82) is 0 Å². The summed E-state index contributed by atoms with van der Waals surface area (Å²) in [6.07, 6.45) is 3.49. The zero-order chi connectivity index (χ0) is 16.7. The molecule has 0 amide bonds. The molecule has 0 saturated carbocycles. The normalized spacial score (nSPS) is 19.0. The zero-order valence-electron chi connectivity index (χ0n) is 14.1. The molecule has 1 aromatic rings. The topological polar surface area (TPSA) is 44.6 Å². The number of hydrogen-bond donors (Lipinski definition) is 0. The van der Waals surface area contributed by atoms with Crippen LogP contribution in [-0.4, -0.2) is 33.4 Å². The van der Waals surface area contributed by atoms with E-state index in [-0.39, 0.29) is 22.9 Å². The molecule has 1 aromatic heterocycles. The molecular formula is C16H24ClN5. The third-order valence-corrected chi connectivity index (χ3v) is 3.85. The highest BCUT2D eigenvalue weighted by molar-refractivity contribution is 6.28. The summed E-state index contributed by atoms with van der Waals surface area (Å²) in [4.78, 5) is 17.6. The fraction of sp³-hybridized carbons (Fsp3) is 0.562. The van der Waals surface area contributed by atoms with Crippen molar-refractivity contribution in [2.45, 2.75) is 59.2 Å². The van der Waals surface area contributed by atoms with Crippen LogP contribution >= 0.6 is 11.6 Å². The number of amidine groups is 1. The number of anilines is 2. The Morgan fingerprint density at radius 2 is 1.95 bits per heavy atom. The number of rotatable bonds is 3. The minimum atomic E-state index is -0.336. The second-order valence-electron chi connectivity index (χ2n) is 6.47. The van der Waals surface area contributed by atoms with Gasteiger partial charge in [0.05, 0.1) is 11.7 Å². The Morgan fingerprint density at radius 3 is 2.45 bits per heavy atom. The van der Waals surface area contributed by atoms with E-state index in [2.05, 4.69) is 63.0 Å². The van der Waals surface area contributed by atoms with Gasteiger partial charge < -0.3 is 4.90 Å². The van der Waals surface area contributed by atoms with Crippen LogP contribution in [0.3, 0.4) is 0 Å². The number of halogens is 1. The van der Waals surface area contributed by atoms with E-state index in [0.29, 0.717) is 0 Å². The van der Waals surface area contributed by atoms with E-state index in [1.807, 2.05) is 4.90 Å². The summed E-state index contributed by atoms with van der Waals surface area (Å²) in [7, 11) is 0. The highest BCUT2D eigenvalue weighted by atomic mass is 35.5. The van der Waals surface area contributed by atoms with Crippen molar-refractivity contribution >= 4 is 28.9 Å². The van der Waals surface area contributed by atoms with Gasteiger partial charge >= 0.3 is 0 Å². The molecule has 1 aliphatic rings. The summed E-state index contributed by atoms with van der Waals surface area (Å²) in [6.45, 7) is 16.6. The lowest BCUT2D eigenvalue weighted by Crippen LogP contribution is -2.61. The van der Waals surface area contributed by atoms with Crippen LogP contribution in [0.15, 0.2) is 24.0 Å². The molecule has 6 heteroatoms. The molecule has 0 unspecified atom stereocenters. The second-order valence-corrected chi connectivity index (χ2v) is 6.81. The lowest BCUT2D eigenvalue weighted by atomic mass is 9.94. The predicted molar refractivity (Wildman–Crippen MR) is 94.0 cm³/mol. The molecular weight excluding hydrogens is 298 g/mol. The van der Waals surface area contributed by atoms with Gasteiger partial charge in [-0.2, -0.15) is 4.98 Å². The van der Waals surface area contributed by atoms with Crippen LogP contribution in [0.5, 0.6) is 0 Å². The van der Waals surface area contributed by atoms with E-state index >= 15 is 0 Å². The summed E-state index contributed by atoms with van der Waals surface area (Å²) in [6, 6.07) is 0.421. The molecule has 0 N–H and O–H groups in total. The van der Waals surface area contributed by atoms with Gasteiger partial charge in [-0.1, -0.05) is 6.58 Å². The quantitative estimate of drug-likeness (QED) is 0.792. The Bertz CT molecular complexity index is 607. The lowest BCUT2D eigenvalue weighted by molar-refractivity contribution is 0.516. The molecule has 0 fully saturated rings. The van der Waals surface area contributed by atoms with Gasteiger partial charge in [0.1, 0.15) is 11.5 Å². The van der Waals surface area contributed by atoms with Crippen molar-refractivity contribution in [2.24, 2.45) is 4.99 Å². The largest absolute Gasteiger partial charge is 0.340 e. The fourth-order valence-electron chi connectivity index (χ4n) is 3.01. The summed E-state index contributed by atoms with van der Waals surface area (Å²) < 4.78 is 0. The van der Waals surface area contributed by atoms with Crippen LogP contribution in [0.1, 0.15) is 41.5 Å². The van der Waals surface area contributed by atoms with Gasteiger partial charge in [-0.3, -0.25) is 9.89 Å². The highest BCUT2D eigenvalue weighted by Gasteiger charge is 2.44. The van der Waals surface area contributed by atoms with Crippen molar-refractivity contribution in [2.75, 3.05) is 9.80 Å². The Morgan fingerprint density at radius 1 is 1.32 bits per heavy atom. The van der Waals surface area contributed by atoms with Crippen molar-refractivity contribution in [1.82, 2.24) is 9.97 Å². The van der Waals surface area contributed by atoms with Crippen LogP contribution in [-0.2, 0) is 0 Å². The number of hydrogen-bond acceptors (Lipinski definition) is 4. The molecule has 0 radical (unpaired) electrons. The van der Waals surface area contributed by atoms with Crippen molar-refractivity contribution in [3.8, 4) is 0 Å². The molecule has 0 saturated heterocycles. The van der Waals surface area contributed by atoms with Crippen LogP contribution in [0.4, 0.5) is 11.5 Å². The van der Waals surface area contributed by atoms with Gasteiger partial charge in [0.15, 0.2) is 5.82 Å². The minimum absolute atomic E-state index is 0.181. The standard InChI is InChI=1S/C16H24ClN5/c1-8-21-12-9-18-15(17)20-13(12)22(11(4)5)16(6,7)14(21)19-10(2)3/h8-11H,1H2,2-7H3/b19-14-. The average Bonchev–Trinajstić information content (AvgIpc) is 2.38. The molecule has 1 aliphatic heterocycles. The van der Waals surface area contributed by atoms with Crippen molar-refractivity contribution in [3.05, 3.63) is 24.3 Å². The lowest BCUT2D eigenvalue weighted by Gasteiger charge is -2.50. The molecule has 22 heavy (non-hydrogen) atoms. The average molecular weight is 322 g/mol. The molecule has 0 bridgehead atoms. The van der Waals surface area contributed by atoms with Gasteiger partial charge in [0.2, 0.25) is 5.28 Å². The van der Waals surface area contributed by atoms with Gasteiger partial charge in [-0.25, -0.2) is 4.98 Å². The molecule has 5 nitrogen and oxygen atoms in total. The number of aliphatic imine (C=N–C) groups is 1. The smallest absolute Gasteiger partial charge is 0.224 e. The third kappa shape index (κ3) is 2.70. The van der Waals surface area contributed by atoms with E-state index in [9.17, 15) is 0 Å². The maximum atomic E-state index is 6.03. The first-order valence-corrected chi connectivity index (χ1v) is 7.89. The first kappa shape index (κ1) is 16.7. The molecule has 2 rings (SSSR count). The second kappa shape index (κ2) is 5.88. The van der Waals surface area contributed by atoms with Crippen LogP contribution < -0.4 is 9.80 Å². The molecule has 0 atom stereocenters. The van der Waals surface area contributed by atoms with Gasteiger partial charge in [0, 0.05) is 18.3 Å². The predicted octanol–water partition coefficient (Wildman–Crippen LogP) is 3.89. The Balaban J connectivity index is 2.77. The number of aromatic nitrogens is 2. The summed E-state index contributed by atoms with van der Waals surface area (Å²) in [5, 5.41) is 0.244. The molecule has 2 heterocycles. The van der Waals surface area contributed by atoms with Crippen LogP contribution in [0, 0.1) is 0 Å². The molecule has 0 spiro atoms. The monoisotopic (exact) mass is 321 g/mol. The molecule has 0 aromatic carbocycles. The third-order valence-electron chi connectivity index (χ3n) is 3.67. The molecule has 0 aliphatic carbocycles. The summed E-state index contributed by atoms with van der Waals surface area (Å²) in [5.41, 5.74) is 0.518. The fourth-order valence-corrected chi connectivity index (χ4v) is 3.14. The van der Waals surface area contributed by atoms with Gasteiger partial charge in [0.25, 0.3) is 0 Å². The maximum Gasteiger partial charge on any atom is 0.224 e. The minimum Gasteiger partial charge on any atom is -0.340 e. The van der Waals surface area contributed by atoms with E-state index in [0.717, 1.165) is 17.3 Å². The summed E-state index contributed by atoms with van der Waals surface area (Å²) in [5.74, 6) is 1.74. The first-order valence-electron chi connectivity index (χ1n) is 7.52. The molecule has 120 valence electrons. The van der Waals surface area contributed by atoms with Crippen molar-refractivity contribution in [3.63, 3.8) is 0 Å². The maximum absolute atomic E-state index is 6.03. The Hall–Kier alpha value is -1.62. The zero-order valence-corrected chi connectivity index (χ0v) is 14.9. The van der Waals surface area contributed by atoms with E-state index in [1.54, 1.807) is 12.4 Å². The van der Waals surface area contributed by atoms with Crippen LogP contribution in [0.2, 0.25) is 5.28 Å². The first-order chi connectivity index (χ1) is 10.2. The van der Waals surface area contributed by atoms with Crippen molar-refractivity contribution < 1.29 is 0 Å². The van der Waals surface area contributed by atoms with E-state index in [1.165, 1.54) is 0 Å². The summed E-state index contributed by atoms with van der Waals surface area (Å²) >= 11 is 6.03. The van der Waals surface area contributed by atoms with E-state index in [4.69, 9.17) is 16.6 Å². The highest BCUT2D eigenvalue weighted by Crippen LogP contribution is 2.41.